The highest BCUT2D eigenvalue weighted by Crippen LogP contribution is 2.23. The highest BCUT2D eigenvalue weighted by molar-refractivity contribution is 5.37. The van der Waals surface area contributed by atoms with Crippen molar-refractivity contribution in [1.29, 1.82) is 0 Å². The van der Waals surface area contributed by atoms with Crippen LogP contribution in [-0.2, 0) is 14.1 Å². The van der Waals surface area contributed by atoms with Gasteiger partial charge in [-0.25, -0.2) is 9.36 Å². The van der Waals surface area contributed by atoms with E-state index in [1.54, 1.807) is 28.8 Å². The largest absolute Gasteiger partial charge is 0.490 e. The van der Waals surface area contributed by atoms with E-state index < -0.39 is 0 Å². The zero-order chi connectivity index (χ0) is 29.6. The maximum Gasteiger partial charge on any atom is 0.246 e. The minimum Gasteiger partial charge on any atom is -0.490 e. The van der Waals surface area contributed by atoms with Crippen molar-refractivity contribution >= 4 is 23.8 Å². The first kappa shape index (κ1) is 28.9. The zero-order valence-electron chi connectivity index (χ0n) is 24.7. The van der Waals surface area contributed by atoms with Gasteiger partial charge in [0.2, 0.25) is 23.8 Å². The van der Waals surface area contributed by atoms with Crippen molar-refractivity contribution in [2.24, 2.45) is 14.1 Å². The molecule has 6 heterocycles. The summed E-state index contributed by atoms with van der Waals surface area (Å²) in [4.78, 5) is 21.2. The molecule has 2 fully saturated rings. The van der Waals surface area contributed by atoms with Gasteiger partial charge < -0.3 is 30.7 Å². The highest BCUT2D eigenvalue weighted by Gasteiger charge is 2.25. The van der Waals surface area contributed by atoms with Gasteiger partial charge in [-0.2, -0.15) is 9.97 Å². The Balaban J connectivity index is 0.000000168. The van der Waals surface area contributed by atoms with Crippen molar-refractivity contribution in [2.45, 2.75) is 51.7 Å². The van der Waals surface area contributed by atoms with Crippen LogP contribution in [0.4, 0.5) is 23.8 Å². The fraction of sp³-hybridized carbons (Fsp3) is 0.500. The Kier molecular flexibility index (Phi) is 8.88. The molecule has 4 aromatic heterocycles. The van der Waals surface area contributed by atoms with Crippen molar-refractivity contribution in [3.8, 4) is 11.5 Å². The number of hydrogen-bond donors (Lipinski definition) is 2. The maximum atomic E-state index is 6.02. The summed E-state index contributed by atoms with van der Waals surface area (Å²) in [5, 5.41) is 8.40. The summed E-state index contributed by atoms with van der Waals surface area (Å²) in [7, 11) is 3.66. The molecule has 42 heavy (non-hydrogen) atoms. The third-order valence-corrected chi connectivity index (χ3v) is 7.33. The van der Waals surface area contributed by atoms with Crippen LogP contribution >= 0.6 is 0 Å². The van der Waals surface area contributed by atoms with Crippen molar-refractivity contribution in [2.75, 3.05) is 47.4 Å². The monoisotopic (exact) mass is 576 g/mol. The molecular weight excluding hydrogens is 536 g/mol. The number of rotatable bonds is 6. The number of anilines is 4. The van der Waals surface area contributed by atoms with Gasteiger partial charge in [0.05, 0.1) is 0 Å². The predicted octanol–water partition coefficient (Wildman–Crippen LogP) is 2.30. The van der Waals surface area contributed by atoms with Crippen LogP contribution < -0.4 is 30.7 Å². The molecule has 0 unspecified atom stereocenters. The lowest BCUT2D eigenvalue weighted by Gasteiger charge is -2.32. The number of aryl methyl sites for hydroxylation is 4. The van der Waals surface area contributed by atoms with E-state index in [-0.39, 0.29) is 12.2 Å². The molecule has 2 aliphatic heterocycles. The summed E-state index contributed by atoms with van der Waals surface area (Å²) in [6, 6.07) is 7.74. The number of nitrogen functional groups attached to an aromatic ring is 2. The summed E-state index contributed by atoms with van der Waals surface area (Å²) in [6.07, 6.45) is 7.81. The lowest BCUT2D eigenvalue weighted by Crippen LogP contribution is -2.39. The smallest absolute Gasteiger partial charge is 0.246 e. The quantitative estimate of drug-likeness (QED) is 0.345. The Morgan fingerprint density at radius 3 is 1.67 bits per heavy atom. The van der Waals surface area contributed by atoms with Gasteiger partial charge in [-0.15, -0.1) is 10.2 Å². The van der Waals surface area contributed by atoms with Crippen LogP contribution in [0, 0.1) is 13.8 Å². The summed E-state index contributed by atoms with van der Waals surface area (Å²) in [5.41, 5.74) is 13.3. The molecule has 0 saturated carbocycles. The average Bonchev–Trinajstić information content (AvgIpc) is 3.49. The Bertz CT molecular complexity index is 1440. The number of aromatic nitrogens is 8. The molecule has 0 atom stereocenters. The van der Waals surface area contributed by atoms with Gasteiger partial charge in [0.15, 0.2) is 0 Å². The Hall–Kier alpha value is -4.62. The van der Waals surface area contributed by atoms with Crippen LogP contribution in [0.25, 0.3) is 0 Å². The number of nitrogens with two attached hydrogens (primary N) is 2. The van der Waals surface area contributed by atoms with Crippen LogP contribution in [0.15, 0.2) is 36.7 Å². The molecule has 2 aliphatic rings. The topological polar surface area (TPSA) is 164 Å². The second-order valence-corrected chi connectivity index (χ2v) is 10.7. The van der Waals surface area contributed by atoms with E-state index in [4.69, 9.17) is 20.9 Å². The van der Waals surface area contributed by atoms with E-state index in [1.807, 2.05) is 45.2 Å². The second-order valence-electron chi connectivity index (χ2n) is 10.7. The fourth-order valence-corrected chi connectivity index (χ4v) is 5.11. The SMILES string of the molecule is Cc1cc(OC2CCN(c3nc(N)n(C)n3)CC2)ccn1.Cc1cc(OC2CCN(c3nc(N)nn3C)CC2)ccn1. The highest BCUT2D eigenvalue weighted by atomic mass is 16.5. The minimum absolute atomic E-state index is 0.226. The van der Waals surface area contributed by atoms with Crippen LogP contribution in [0.1, 0.15) is 37.1 Å². The predicted molar refractivity (Wildman–Crippen MR) is 161 cm³/mol. The van der Waals surface area contributed by atoms with E-state index in [9.17, 15) is 0 Å². The number of hydrogen-bond acceptors (Lipinski definition) is 12. The van der Waals surface area contributed by atoms with Gasteiger partial charge in [-0.1, -0.05) is 0 Å². The van der Waals surface area contributed by atoms with Crippen LogP contribution in [0.5, 0.6) is 11.5 Å². The van der Waals surface area contributed by atoms with Crippen LogP contribution in [-0.4, -0.2) is 77.9 Å². The first-order valence-electron chi connectivity index (χ1n) is 14.2. The van der Waals surface area contributed by atoms with Crippen molar-refractivity contribution in [1.82, 2.24) is 39.5 Å². The molecule has 4 N–H and O–H groups in total. The molecule has 14 nitrogen and oxygen atoms in total. The van der Waals surface area contributed by atoms with Gasteiger partial charge in [0, 0.05) is 102 Å². The third kappa shape index (κ3) is 7.36. The molecule has 4 aromatic rings. The molecule has 6 rings (SSSR count). The number of pyridine rings is 2. The van der Waals surface area contributed by atoms with Gasteiger partial charge in [-0.05, 0) is 26.0 Å². The first-order valence-corrected chi connectivity index (χ1v) is 14.2. The second kappa shape index (κ2) is 12.9. The molecule has 0 radical (unpaired) electrons. The maximum absolute atomic E-state index is 6.02. The van der Waals surface area contributed by atoms with E-state index in [0.29, 0.717) is 17.8 Å². The van der Waals surface area contributed by atoms with Crippen LogP contribution in [0.3, 0.4) is 0 Å². The van der Waals surface area contributed by atoms with Crippen molar-refractivity contribution in [3.63, 3.8) is 0 Å². The molecule has 0 amide bonds. The molecule has 0 bridgehead atoms. The molecule has 2 saturated heterocycles. The summed E-state index contributed by atoms with van der Waals surface area (Å²) < 4.78 is 15.4. The Morgan fingerprint density at radius 1 is 0.714 bits per heavy atom. The van der Waals surface area contributed by atoms with Crippen molar-refractivity contribution < 1.29 is 9.47 Å². The molecule has 224 valence electrons. The zero-order valence-corrected chi connectivity index (χ0v) is 24.7. The van der Waals surface area contributed by atoms with E-state index in [2.05, 4.69) is 39.9 Å². The number of nitrogens with zero attached hydrogens (tertiary/aromatic N) is 10. The Morgan fingerprint density at radius 2 is 1.24 bits per heavy atom. The Labute approximate surface area is 245 Å². The summed E-state index contributed by atoms with van der Waals surface area (Å²) in [5.74, 6) is 4.07. The summed E-state index contributed by atoms with van der Waals surface area (Å²) in [6.45, 7) is 7.46. The lowest BCUT2D eigenvalue weighted by atomic mass is 10.1. The molecule has 0 aromatic carbocycles. The molecule has 14 heteroatoms. The van der Waals surface area contributed by atoms with E-state index in [0.717, 1.165) is 80.7 Å². The van der Waals surface area contributed by atoms with E-state index >= 15 is 0 Å². The average molecular weight is 577 g/mol. The van der Waals surface area contributed by atoms with Gasteiger partial charge >= 0.3 is 0 Å². The van der Waals surface area contributed by atoms with Crippen molar-refractivity contribution in [3.05, 3.63) is 48.0 Å². The minimum atomic E-state index is 0.226. The number of piperidine rings is 2. The number of ether oxygens (including phenoxy) is 2. The first-order chi connectivity index (χ1) is 20.2. The third-order valence-electron chi connectivity index (χ3n) is 7.33. The molecule has 0 spiro atoms. The fourth-order valence-electron chi connectivity index (χ4n) is 5.11. The molecule has 0 aliphatic carbocycles. The van der Waals surface area contributed by atoms with Gasteiger partial charge in [-0.3, -0.25) is 9.97 Å². The van der Waals surface area contributed by atoms with Crippen LogP contribution in [0.2, 0.25) is 0 Å². The molecular formula is C28H40N12O2. The normalized spacial score (nSPS) is 16.2. The summed E-state index contributed by atoms with van der Waals surface area (Å²) >= 11 is 0. The standard InChI is InChI=1S/2C14H20N6O/c1-10-9-12(3-6-16-10)21-11-4-7-20(8-5-11)14-17-13(15)19(2)18-14;1-10-9-12(3-6-16-10)21-11-4-7-20(8-5-11)14-17-13(15)18-19(14)2/h3,6,9,11H,4-5,7-8H2,1-2H3,(H2,15,17,18);3,6,9,11H,4-5,7-8H2,1-2H3,(H2,15,18). The van der Waals surface area contributed by atoms with E-state index in [1.165, 1.54) is 0 Å². The van der Waals surface area contributed by atoms with Gasteiger partial charge in [0.1, 0.15) is 23.7 Å². The van der Waals surface area contributed by atoms with Gasteiger partial charge in [0.25, 0.3) is 0 Å². The lowest BCUT2D eigenvalue weighted by molar-refractivity contribution is 0.170.